The topological polar surface area (TPSA) is 55.8 Å². The number of aliphatic hydroxyl groups is 1. The van der Waals surface area contributed by atoms with Gasteiger partial charge >= 0.3 is 8.56 Å². The molecule has 0 fully saturated rings. The zero-order chi connectivity index (χ0) is 13.5. The summed E-state index contributed by atoms with van der Waals surface area (Å²) in [6, 6.07) is 0.674. The predicted molar refractivity (Wildman–Crippen MR) is 70.1 cm³/mol. The maximum absolute atomic E-state index is 11.4. The molecule has 0 bridgehead atoms. The minimum Gasteiger partial charge on any atom is -0.395 e. The van der Waals surface area contributed by atoms with Crippen LogP contribution in [0.1, 0.15) is 27.2 Å². The van der Waals surface area contributed by atoms with Gasteiger partial charge in [-0.2, -0.15) is 0 Å². The molecule has 4 nitrogen and oxygen atoms in total. The van der Waals surface area contributed by atoms with E-state index in [0.29, 0.717) is 19.1 Å². The van der Waals surface area contributed by atoms with E-state index in [2.05, 4.69) is 6.58 Å². The van der Waals surface area contributed by atoms with E-state index in [-0.39, 0.29) is 11.9 Å². The highest BCUT2D eigenvalue weighted by Crippen LogP contribution is 2.19. The Morgan fingerprint density at radius 1 is 1.53 bits per heavy atom. The minimum atomic E-state index is -2.38. The lowest BCUT2D eigenvalue weighted by molar-refractivity contribution is -0.121. The van der Waals surface area contributed by atoms with Crippen molar-refractivity contribution < 1.29 is 18.8 Å². The Labute approximate surface area is 105 Å². The van der Waals surface area contributed by atoms with E-state index in [1.807, 2.05) is 13.5 Å². The molecule has 0 aromatic heterocycles. The van der Waals surface area contributed by atoms with Gasteiger partial charge in [-0.3, -0.25) is 4.79 Å². The first-order valence-electron chi connectivity index (χ1n) is 6.00. The van der Waals surface area contributed by atoms with Crippen LogP contribution >= 0.6 is 0 Å². The van der Waals surface area contributed by atoms with Crippen LogP contribution < -0.4 is 0 Å². The molecule has 3 unspecified atom stereocenters. The molecule has 0 heterocycles. The van der Waals surface area contributed by atoms with Crippen LogP contribution in [-0.4, -0.2) is 38.3 Å². The predicted octanol–water partition coefficient (Wildman–Crippen LogP) is 2.03. The van der Waals surface area contributed by atoms with Crippen molar-refractivity contribution in [2.75, 3.05) is 6.61 Å². The monoisotopic (exact) mass is 260 g/mol. The van der Waals surface area contributed by atoms with Crippen molar-refractivity contribution in [1.29, 1.82) is 0 Å². The highest BCUT2D eigenvalue weighted by Gasteiger charge is 2.34. The van der Waals surface area contributed by atoms with Crippen LogP contribution in [0, 0.1) is 0 Å². The zero-order valence-corrected chi connectivity index (χ0v) is 12.2. The van der Waals surface area contributed by atoms with Crippen molar-refractivity contribution in [3.63, 3.8) is 0 Å². The molecular formula is C12H24O4Si. The first kappa shape index (κ1) is 16.5. The quantitative estimate of drug-likeness (QED) is 0.509. The highest BCUT2D eigenvalue weighted by molar-refractivity contribution is 6.66. The van der Waals surface area contributed by atoms with Crippen molar-refractivity contribution in [2.24, 2.45) is 0 Å². The van der Waals surface area contributed by atoms with Crippen molar-refractivity contribution in [3.8, 4) is 0 Å². The lowest BCUT2D eigenvalue weighted by Crippen LogP contribution is -2.43. The summed E-state index contributed by atoms with van der Waals surface area (Å²) < 4.78 is 11.4. The average molecular weight is 260 g/mol. The Kier molecular flexibility index (Phi) is 7.54. The van der Waals surface area contributed by atoms with E-state index in [1.54, 1.807) is 13.8 Å². The summed E-state index contributed by atoms with van der Waals surface area (Å²) in [5, 5.41) is 9.30. The van der Waals surface area contributed by atoms with E-state index in [1.165, 1.54) is 6.08 Å². The van der Waals surface area contributed by atoms with Crippen LogP contribution in [-0.2, 0) is 13.6 Å². The van der Waals surface area contributed by atoms with E-state index in [4.69, 9.17) is 8.85 Å². The number of carbonyl (C=O) groups is 1. The molecule has 100 valence electrons. The standard InChI is InChI=1S/C12H24O4Si/c1-6-12(14)11(4)16-17(5,15-7-2)9-8-10(3)13/h6,10-11,13H,1,7-9H2,2-5H3. The maximum Gasteiger partial charge on any atom is 0.335 e. The molecule has 0 aliphatic heterocycles. The molecular weight excluding hydrogens is 236 g/mol. The third-order valence-electron chi connectivity index (χ3n) is 2.49. The molecule has 0 aliphatic carbocycles. The van der Waals surface area contributed by atoms with E-state index in [9.17, 15) is 9.90 Å². The second-order valence-corrected chi connectivity index (χ2v) is 7.61. The molecule has 3 atom stereocenters. The Morgan fingerprint density at radius 3 is 2.53 bits per heavy atom. The summed E-state index contributed by atoms with van der Waals surface area (Å²) in [6.45, 7) is 11.3. The van der Waals surface area contributed by atoms with Gasteiger partial charge in [0.05, 0.1) is 6.10 Å². The molecule has 1 N–H and O–H groups in total. The Bertz CT molecular complexity index is 255. The fraction of sp³-hybridized carbons (Fsp3) is 0.750. The van der Waals surface area contributed by atoms with Gasteiger partial charge in [0.2, 0.25) is 0 Å². The molecule has 0 aliphatic rings. The van der Waals surface area contributed by atoms with Gasteiger partial charge in [-0.05, 0) is 45.9 Å². The van der Waals surface area contributed by atoms with Crippen LogP contribution in [0.15, 0.2) is 12.7 Å². The van der Waals surface area contributed by atoms with Gasteiger partial charge < -0.3 is 14.0 Å². The van der Waals surface area contributed by atoms with Crippen molar-refractivity contribution in [3.05, 3.63) is 12.7 Å². The third kappa shape index (κ3) is 6.73. The molecule has 0 saturated carbocycles. The lowest BCUT2D eigenvalue weighted by Gasteiger charge is -2.29. The number of carbonyl (C=O) groups excluding carboxylic acids is 1. The fourth-order valence-corrected chi connectivity index (χ4v) is 4.29. The molecule has 0 spiro atoms. The SMILES string of the molecule is C=CC(=O)C(C)O[Si](C)(CCC(C)O)OCC. The van der Waals surface area contributed by atoms with E-state index < -0.39 is 14.7 Å². The third-order valence-corrected chi connectivity index (χ3v) is 5.44. The van der Waals surface area contributed by atoms with Gasteiger partial charge in [-0.15, -0.1) is 0 Å². The average Bonchev–Trinajstić information content (AvgIpc) is 2.25. The Morgan fingerprint density at radius 2 is 2.12 bits per heavy atom. The first-order valence-corrected chi connectivity index (χ1v) is 8.53. The summed E-state index contributed by atoms with van der Waals surface area (Å²) in [5.74, 6) is -0.138. The Hall–Kier alpha value is -0.493. The zero-order valence-electron chi connectivity index (χ0n) is 11.2. The first-order chi connectivity index (χ1) is 7.84. The number of rotatable bonds is 9. The van der Waals surface area contributed by atoms with Crippen LogP contribution in [0.3, 0.4) is 0 Å². The molecule has 0 aromatic carbocycles. The minimum absolute atomic E-state index is 0.138. The van der Waals surface area contributed by atoms with E-state index >= 15 is 0 Å². The highest BCUT2D eigenvalue weighted by atomic mass is 28.4. The lowest BCUT2D eigenvalue weighted by atomic mass is 10.3. The van der Waals surface area contributed by atoms with Gasteiger partial charge in [0, 0.05) is 6.61 Å². The molecule has 0 rings (SSSR count). The molecule has 0 radical (unpaired) electrons. The smallest absolute Gasteiger partial charge is 0.335 e. The van der Waals surface area contributed by atoms with Crippen LogP contribution in [0.5, 0.6) is 0 Å². The molecule has 0 saturated heterocycles. The molecule has 5 heteroatoms. The van der Waals surface area contributed by atoms with Crippen LogP contribution in [0.2, 0.25) is 12.6 Å². The maximum atomic E-state index is 11.4. The van der Waals surface area contributed by atoms with Gasteiger partial charge in [0.25, 0.3) is 0 Å². The van der Waals surface area contributed by atoms with Crippen molar-refractivity contribution in [1.82, 2.24) is 0 Å². The van der Waals surface area contributed by atoms with E-state index in [0.717, 1.165) is 0 Å². The van der Waals surface area contributed by atoms with Gasteiger partial charge in [-0.25, -0.2) is 0 Å². The van der Waals surface area contributed by atoms with Crippen LogP contribution in [0.4, 0.5) is 0 Å². The largest absolute Gasteiger partial charge is 0.395 e. The normalized spacial score (nSPS) is 18.2. The van der Waals surface area contributed by atoms with Crippen molar-refractivity contribution >= 4 is 14.3 Å². The number of aliphatic hydroxyl groups excluding tert-OH is 1. The molecule has 17 heavy (non-hydrogen) atoms. The summed E-state index contributed by atoms with van der Waals surface area (Å²) in [5.41, 5.74) is 0. The Balaban J connectivity index is 4.47. The summed E-state index contributed by atoms with van der Waals surface area (Å²) in [6.07, 6.45) is 0.985. The second-order valence-electron chi connectivity index (χ2n) is 4.32. The molecule has 0 amide bonds. The molecule has 0 aromatic rings. The summed E-state index contributed by atoms with van der Waals surface area (Å²) in [4.78, 5) is 11.4. The van der Waals surface area contributed by atoms with Gasteiger partial charge in [-0.1, -0.05) is 6.58 Å². The van der Waals surface area contributed by atoms with Gasteiger partial charge in [0.15, 0.2) is 5.78 Å². The van der Waals surface area contributed by atoms with Gasteiger partial charge in [0.1, 0.15) is 6.10 Å². The second kappa shape index (κ2) is 7.76. The fourth-order valence-electron chi connectivity index (χ4n) is 1.54. The summed E-state index contributed by atoms with van der Waals surface area (Å²) >= 11 is 0. The van der Waals surface area contributed by atoms with Crippen molar-refractivity contribution in [2.45, 2.75) is 52.0 Å². The number of ketones is 1. The number of hydrogen-bond donors (Lipinski definition) is 1. The van der Waals surface area contributed by atoms with Crippen LogP contribution in [0.25, 0.3) is 0 Å². The summed E-state index contributed by atoms with van der Waals surface area (Å²) in [7, 11) is -2.38. The number of hydrogen-bond acceptors (Lipinski definition) is 4.